The Kier molecular flexibility index (Phi) is 4.48. The fraction of sp³-hybridized carbons (Fsp3) is 0.182. The fourth-order valence-corrected chi connectivity index (χ4v) is 1.75. The summed E-state index contributed by atoms with van der Waals surface area (Å²) < 4.78 is 5.82. The summed E-state index contributed by atoms with van der Waals surface area (Å²) in [5.74, 6) is 6.84. The Labute approximate surface area is 118 Å². The van der Waals surface area contributed by atoms with Crippen LogP contribution in [0.1, 0.15) is 5.56 Å². The lowest BCUT2D eigenvalue weighted by Gasteiger charge is -2.09. The molecule has 0 saturated heterocycles. The minimum atomic E-state index is 0.345. The number of nitrogens with zero attached hydrogens (tertiary/aromatic N) is 3. The molecule has 19 heavy (non-hydrogen) atoms. The number of halogens is 1. The van der Waals surface area contributed by atoms with Crippen LogP contribution < -0.4 is 21.3 Å². The molecular weight excluding hydrogens is 312 g/mol. The van der Waals surface area contributed by atoms with Gasteiger partial charge in [-0.1, -0.05) is 0 Å². The van der Waals surface area contributed by atoms with Crippen LogP contribution in [0.5, 0.6) is 5.88 Å². The van der Waals surface area contributed by atoms with E-state index in [-0.39, 0.29) is 0 Å². The molecular formula is C11H13BrN6O. The number of nitrogens with one attached hydrogen (secondary N) is 2. The SMILES string of the molecule is COc1cc(CNc2nc(NN)ncc2Br)ccn1. The van der Waals surface area contributed by atoms with Crippen LogP contribution in [0, 0.1) is 0 Å². The van der Waals surface area contributed by atoms with Crippen LogP contribution in [0.4, 0.5) is 11.8 Å². The van der Waals surface area contributed by atoms with E-state index >= 15 is 0 Å². The van der Waals surface area contributed by atoms with Crippen LogP contribution in [-0.4, -0.2) is 22.1 Å². The van der Waals surface area contributed by atoms with Crippen molar-refractivity contribution in [2.45, 2.75) is 6.54 Å². The van der Waals surface area contributed by atoms with E-state index in [0.29, 0.717) is 24.2 Å². The summed E-state index contributed by atoms with van der Waals surface area (Å²) in [6.45, 7) is 0.582. The summed E-state index contributed by atoms with van der Waals surface area (Å²) in [7, 11) is 1.58. The Morgan fingerprint density at radius 2 is 2.26 bits per heavy atom. The molecule has 2 aromatic rings. The van der Waals surface area contributed by atoms with Crippen molar-refractivity contribution in [3.05, 3.63) is 34.6 Å². The average molecular weight is 325 g/mol. The van der Waals surface area contributed by atoms with Crippen LogP contribution in [0.15, 0.2) is 29.0 Å². The number of hydrazine groups is 1. The molecule has 0 aromatic carbocycles. The second kappa shape index (κ2) is 6.30. The minimum Gasteiger partial charge on any atom is -0.481 e. The van der Waals surface area contributed by atoms with E-state index in [0.717, 1.165) is 10.0 Å². The summed E-state index contributed by atoms with van der Waals surface area (Å²) in [4.78, 5) is 12.2. The van der Waals surface area contributed by atoms with E-state index in [1.807, 2.05) is 12.1 Å². The molecule has 0 aliphatic heterocycles. The van der Waals surface area contributed by atoms with E-state index in [1.165, 1.54) is 0 Å². The van der Waals surface area contributed by atoms with Crippen molar-refractivity contribution in [3.8, 4) is 5.88 Å². The largest absolute Gasteiger partial charge is 0.481 e. The number of pyridine rings is 1. The molecule has 0 spiro atoms. The van der Waals surface area contributed by atoms with Gasteiger partial charge in [0.2, 0.25) is 11.8 Å². The van der Waals surface area contributed by atoms with Gasteiger partial charge in [0.05, 0.1) is 11.6 Å². The van der Waals surface area contributed by atoms with Crippen LogP contribution in [0.2, 0.25) is 0 Å². The summed E-state index contributed by atoms with van der Waals surface area (Å²) in [5.41, 5.74) is 3.43. The monoisotopic (exact) mass is 324 g/mol. The molecule has 2 aromatic heterocycles. The van der Waals surface area contributed by atoms with Crippen molar-refractivity contribution >= 4 is 27.7 Å². The molecule has 2 heterocycles. The predicted molar refractivity (Wildman–Crippen MR) is 75.7 cm³/mol. The molecule has 0 aliphatic carbocycles. The second-order valence-electron chi connectivity index (χ2n) is 3.59. The third-order valence-electron chi connectivity index (χ3n) is 2.34. The first kappa shape index (κ1) is 13.5. The van der Waals surface area contributed by atoms with Gasteiger partial charge in [0.25, 0.3) is 0 Å². The first-order valence-corrected chi connectivity index (χ1v) is 6.24. The second-order valence-corrected chi connectivity index (χ2v) is 4.45. The van der Waals surface area contributed by atoms with Gasteiger partial charge in [-0.15, -0.1) is 0 Å². The number of ether oxygens (including phenoxy) is 1. The smallest absolute Gasteiger partial charge is 0.239 e. The topological polar surface area (TPSA) is 98.0 Å². The number of methoxy groups -OCH3 is 1. The van der Waals surface area contributed by atoms with Crippen LogP contribution in [-0.2, 0) is 6.54 Å². The maximum absolute atomic E-state index is 5.27. The maximum atomic E-state index is 5.27. The van der Waals surface area contributed by atoms with Crippen molar-refractivity contribution in [1.82, 2.24) is 15.0 Å². The number of nitrogen functional groups attached to an aromatic ring is 1. The molecule has 0 aliphatic rings. The Bertz CT molecular complexity index is 565. The molecule has 2 rings (SSSR count). The van der Waals surface area contributed by atoms with E-state index in [1.54, 1.807) is 19.5 Å². The summed E-state index contributed by atoms with van der Waals surface area (Å²) in [6.07, 6.45) is 3.31. The normalized spacial score (nSPS) is 10.1. The standard InChI is InChI=1S/C11H13BrN6O/c1-19-9-4-7(2-3-14-9)5-15-10-8(12)6-16-11(17-10)18-13/h2-4,6H,5,13H2,1H3,(H2,15,16,17,18). The number of rotatable bonds is 5. The van der Waals surface area contributed by atoms with Gasteiger partial charge in [-0.2, -0.15) is 4.98 Å². The molecule has 4 N–H and O–H groups in total. The Balaban J connectivity index is 2.09. The van der Waals surface area contributed by atoms with E-state index in [4.69, 9.17) is 10.6 Å². The lowest BCUT2D eigenvalue weighted by molar-refractivity contribution is 0.397. The van der Waals surface area contributed by atoms with E-state index < -0.39 is 0 Å². The summed E-state index contributed by atoms with van der Waals surface area (Å²) >= 11 is 3.37. The third-order valence-corrected chi connectivity index (χ3v) is 2.92. The van der Waals surface area contributed by atoms with Crippen molar-refractivity contribution in [2.75, 3.05) is 17.9 Å². The number of aromatic nitrogens is 3. The molecule has 0 amide bonds. The van der Waals surface area contributed by atoms with Gasteiger partial charge in [0.1, 0.15) is 5.82 Å². The molecule has 0 unspecified atom stereocenters. The molecule has 0 saturated carbocycles. The first-order chi connectivity index (χ1) is 9.22. The summed E-state index contributed by atoms with van der Waals surface area (Å²) in [5, 5.41) is 3.18. The van der Waals surface area contributed by atoms with Crippen molar-refractivity contribution in [3.63, 3.8) is 0 Å². The van der Waals surface area contributed by atoms with Gasteiger partial charge >= 0.3 is 0 Å². The van der Waals surface area contributed by atoms with Gasteiger partial charge in [-0.25, -0.2) is 15.8 Å². The van der Waals surface area contributed by atoms with Gasteiger partial charge < -0.3 is 10.1 Å². The molecule has 0 fully saturated rings. The van der Waals surface area contributed by atoms with Crippen LogP contribution >= 0.6 is 15.9 Å². The summed E-state index contributed by atoms with van der Waals surface area (Å²) in [6, 6.07) is 3.75. The Hall–Kier alpha value is -1.93. The zero-order chi connectivity index (χ0) is 13.7. The van der Waals surface area contributed by atoms with Gasteiger partial charge in [-0.3, -0.25) is 5.43 Å². The van der Waals surface area contributed by atoms with Crippen molar-refractivity contribution in [2.24, 2.45) is 5.84 Å². The molecule has 8 heteroatoms. The van der Waals surface area contributed by atoms with Gasteiger partial charge in [-0.05, 0) is 27.6 Å². The molecule has 0 radical (unpaired) electrons. The van der Waals surface area contributed by atoms with Gasteiger partial charge in [0.15, 0.2) is 0 Å². The predicted octanol–water partition coefficient (Wildman–Crippen LogP) is 1.54. The number of anilines is 2. The fourth-order valence-electron chi connectivity index (χ4n) is 1.42. The number of hydrogen-bond donors (Lipinski definition) is 3. The zero-order valence-corrected chi connectivity index (χ0v) is 11.8. The van der Waals surface area contributed by atoms with Crippen molar-refractivity contribution in [1.29, 1.82) is 0 Å². The zero-order valence-electron chi connectivity index (χ0n) is 10.2. The quantitative estimate of drug-likeness (QED) is 0.566. The number of nitrogens with two attached hydrogens (primary N) is 1. The first-order valence-electron chi connectivity index (χ1n) is 5.45. The van der Waals surface area contributed by atoms with Crippen molar-refractivity contribution < 1.29 is 4.74 Å². The highest BCUT2D eigenvalue weighted by atomic mass is 79.9. The lowest BCUT2D eigenvalue weighted by Crippen LogP contribution is -2.12. The molecule has 100 valence electrons. The molecule has 7 nitrogen and oxygen atoms in total. The highest BCUT2D eigenvalue weighted by molar-refractivity contribution is 9.10. The highest BCUT2D eigenvalue weighted by Gasteiger charge is 2.04. The lowest BCUT2D eigenvalue weighted by atomic mass is 10.2. The third kappa shape index (κ3) is 3.52. The van der Waals surface area contributed by atoms with E-state index in [2.05, 4.69) is 41.6 Å². The van der Waals surface area contributed by atoms with Gasteiger partial charge in [0, 0.05) is 25.0 Å². The van der Waals surface area contributed by atoms with E-state index in [9.17, 15) is 0 Å². The maximum Gasteiger partial charge on any atom is 0.239 e. The Morgan fingerprint density at radius 3 is 3.00 bits per heavy atom. The highest BCUT2D eigenvalue weighted by Crippen LogP contribution is 2.20. The minimum absolute atomic E-state index is 0.345. The molecule has 0 atom stereocenters. The number of hydrogen-bond acceptors (Lipinski definition) is 7. The van der Waals surface area contributed by atoms with Crippen LogP contribution in [0.25, 0.3) is 0 Å². The average Bonchev–Trinajstić information content (AvgIpc) is 2.46. The Morgan fingerprint density at radius 1 is 1.42 bits per heavy atom. The van der Waals surface area contributed by atoms with Crippen LogP contribution in [0.3, 0.4) is 0 Å². The molecule has 0 bridgehead atoms.